The fraction of sp³-hybridized carbons (Fsp3) is 1.00. The molecular formula is C12H25NO. The highest BCUT2D eigenvalue weighted by atomic mass is 16.3. The minimum absolute atomic E-state index is 0.272. The van der Waals surface area contributed by atoms with Gasteiger partial charge in [-0.3, -0.25) is 0 Å². The molecule has 1 aliphatic rings. The number of hydrogen-bond acceptors (Lipinski definition) is 2. The van der Waals surface area contributed by atoms with E-state index in [2.05, 4.69) is 26.1 Å². The summed E-state index contributed by atoms with van der Waals surface area (Å²) in [5, 5.41) is 12.9. The van der Waals surface area contributed by atoms with E-state index in [9.17, 15) is 5.11 Å². The summed E-state index contributed by atoms with van der Waals surface area (Å²) in [7, 11) is 0. The number of aliphatic hydroxyl groups excluding tert-OH is 1. The average Bonchev–Trinajstić information content (AvgIpc) is 2.53. The van der Waals surface area contributed by atoms with Crippen LogP contribution in [0.5, 0.6) is 0 Å². The van der Waals surface area contributed by atoms with Gasteiger partial charge in [-0.25, -0.2) is 0 Å². The van der Waals surface area contributed by atoms with Crippen molar-refractivity contribution < 1.29 is 5.11 Å². The van der Waals surface area contributed by atoms with Crippen LogP contribution in [0.2, 0.25) is 0 Å². The van der Waals surface area contributed by atoms with Crippen molar-refractivity contribution in [3.63, 3.8) is 0 Å². The molecule has 1 atom stereocenters. The van der Waals surface area contributed by atoms with E-state index in [-0.39, 0.29) is 12.6 Å². The molecular weight excluding hydrogens is 174 g/mol. The fourth-order valence-electron chi connectivity index (χ4n) is 2.34. The Labute approximate surface area is 88.1 Å². The lowest BCUT2D eigenvalue weighted by Gasteiger charge is -2.28. The van der Waals surface area contributed by atoms with Crippen molar-refractivity contribution >= 4 is 0 Å². The lowest BCUT2D eigenvalue weighted by atomic mass is 9.88. The van der Waals surface area contributed by atoms with Gasteiger partial charge in [0.05, 0.1) is 6.61 Å². The molecule has 0 radical (unpaired) electrons. The first-order valence-electron chi connectivity index (χ1n) is 5.88. The molecule has 1 aliphatic carbocycles. The van der Waals surface area contributed by atoms with Gasteiger partial charge in [0.25, 0.3) is 0 Å². The third kappa shape index (κ3) is 4.43. The molecule has 0 bridgehead atoms. The normalized spacial score (nSPS) is 21.4. The van der Waals surface area contributed by atoms with Crippen molar-refractivity contribution in [2.45, 2.75) is 65.0 Å². The van der Waals surface area contributed by atoms with E-state index in [1.807, 2.05) is 0 Å². The lowest BCUT2D eigenvalue weighted by Crippen LogP contribution is -2.41. The van der Waals surface area contributed by atoms with Crippen LogP contribution in [-0.4, -0.2) is 23.8 Å². The van der Waals surface area contributed by atoms with Crippen molar-refractivity contribution in [1.29, 1.82) is 0 Å². The maximum absolute atomic E-state index is 9.29. The van der Waals surface area contributed by atoms with Crippen molar-refractivity contribution in [3.8, 4) is 0 Å². The van der Waals surface area contributed by atoms with E-state index in [0.717, 1.165) is 6.42 Å². The monoisotopic (exact) mass is 199 g/mol. The van der Waals surface area contributed by atoms with E-state index < -0.39 is 0 Å². The van der Waals surface area contributed by atoms with Crippen LogP contribution >= 0.6 is 0 Å². The summed E-state index contributed by atoms with van der Waals surface area (Å²) in [6.07, 6.45) is 6.35. The molecule has 1 unspecified atom stereocenters. The second-order valence-electron chi connectivity index (χ2n) is 5.79. The summed E-state index contributed by atoms with van der Waals surface area (Å²) in [5.74, 6) is 0. The van der Waals surface area contributed by atoms with Crippen LogP contribution in [0.1, 0.15) is 52.9 Å². The molecule has 2 heteroatoms. The Hall–Kier alpha value is -0.0800. The molecule has 1 rings (SSSR count). The largest absolute Gasteiger partial charge is 0.395 e. The SMILES string of the molecule is CC(C)(C)CC(CO)NC1CCCC1. The zero-order chi connectivity index (χ0) is 10.6. The van der Waals surface area contributed by atoms with Gasteiger partial charge in [0.1, 0.15) is 0 Å². The fourth-order valence-corrected chi connectivity index (χ4v) is 2.34. The highest BCUT2D eigenvalue weighted by Crippen LogP contribution is 2.23. The van der Waals surface area contributed by atoms with Crippen LogP contribution in [0.25, 0.3) is 0 Å². The Morgan fingerprint density at radius 3 is 2.29 bits per heavy atom. The molecule has 1 saturated carbocycles. The van der Waals surface area contributed by atoms with Crippen LogP contribution in [0.15, 0.2) is 0 Å². The van der Waals surface area contributed by atoms with Crippen LogP contribution < -0.4 is 5.32 Å². The molecule has 0 heterocycles. The predicted octanol–water partition coefficient (Wildman–Crippen LogP) is 2.32. The summed E-state index contributed by atoms with van der Waals surface area (Å²) in [6, 6.07) is 0.951. The first-order chi connectivity index (χ1) is 6.51. The smallest absolute Gasteiger partial charge is 0.0584 e. The van der Waals surface area contributed by atoms with Crippen molar-refractivity contribution in [3.05, 3.63) is 0 Å². The molecule has 0 amide bonds. The van der Waals surface area contributed by atoms with Gasteiger partial charge < -0.3 is 10.4 Å². The second kappa shape index (κ2) is 5.13. The second-order valence-corrected chi connectivity index (χ2v) is 5.79. The Balaban J connectivity index is 2.30. The third-order valence-electron chi connectivity index (χ3n) is 2.91. The molecule has 2 N–H and O–H groups in total. The molecule has 1 fully saturated rings. The third-order valence-corrected chi connectivity index (χ3v) is 2.91. The number of nitrogens with one attached hydrogen (secondary N) is 1. The number of hydrogen-bond donors (Lipinski definition) is 2. The van der Waals surface area contributed by atoms with Crippen LogP contribution in [0.4, 0.5) is 0 Å². The molecule has 0 aromatic carbocycles. The zero-order valence-corrected chi connectivity index (χ0v) is 9.84. The van der Waals surface area contributed by atoms with Gasteiger partial charge >= 0.3 is 0 Å². The number of rotatable bonds is 4. The Morgan fingerprint density at radius 1 is 1.29 bits per heavy atom. The van der Waals surface area contributed by atoms with Crippen molar-refractivity contribution in [1.82, 2.24) is 5.32 Å². The van der Waals surface area contributed by atoms with Gasteiger partial charge in [0.2, 0.25) is 0 Å². The summed E-state index contributed by atoms with van der Waals surface area (Å²) in [5.41, 5.74) is 0.305. The van der Waals surface area contributed by atoms with Gasteiger partial charge in [-0.05, 0) is 24.7 Å². The minimum Gasteiger partial charge on any atom is -0.395 e. The van der Waals surface area contributed by atoms with E-state index in [0.29, 0.717) is 11.5 Å². The van der Waals surface area contributed by atoms with Gasteiger partial charge in [0, 0.05) is 12.1 Å². The Morgan fingerprint density at radius 2 is 1.86 bits per heavy atom. The molecule has 0 aliphatic heterocycles. The maximum Gasteiger partial charge on any atom is 0.0584 e. The van der Waals surface area contributed by atoms with Crippen molar-refractivity contribution in [2.75, 3.05) is 6.61 Å². The van der Waals surface area contributed by atoms with E-state index in [4.69, 9.17) is 0 Å². The average molecular weight is 199 g/mol. The van der Waals surface area contributed by atoms with E-state index in [1.165, 1.54) is 25.7 Å². The Kier molecular flexibility index (Phi) is 4.39. The maximum atomic E-state index is 9.29. The van der Waals surface area contributed by atoms with Crippen LogP contribution in [0, 0.1) is 5.41 Å². The van der Waals surface area contributed by atoms with Gasteiger partial charge in [-0.2, -0.15) is 0 Å². The highest BCUT2D eigenvalue weighted by molar-refractivity contribution is 4.81. The summed E-state index contributed by atoms with van der Waals surface area (Å²) < 4.78 is 0. The molecule has 2 nitrogen and oxygen atoms in total. The van der Waals surface area contributed by atoms with Gasteiger partial charge in [-0.1, -0.05) is 33.6 Å². The summed E-state index contributed by atoms with van der Waals surface area (Å²) >= 11 is 0. The topological polar surface area (TPSA) is 32.3 Å². The molecule has 0 spiro atoms. The molecule has 84 valence electrons. The van der Waals surface area contributed by atoms with Gasteiger partial charge in [-0.15, -0.1) is 0 Å². The molecule has 0 aromatic rings. The molecule has 0 aromatic heterocycles. The Bertz CT molecular complexity index is 156. The first-order valence-corrected chi connectivity index (χ1v) is 5.88. The van der Waals surface area contributed by atoms with E-state index >= 15 is 0 Å². The zero-order valence-electron chi connectivity index (χ0n) is 9.84. The standard InChI is InChI=1S/C12H25NO/c1-12(2,3)8-11(9-14)13-10-6-4-5-7-10/h10-11,13-14H,4-9H2,1-3H3. The quantitative estimate of drug-likeness (QED) is 0.728. The predicted molar refractivity (Wildman–Crippen MR) is 60.3 cm³/mol. The first kappa shape index (κ1) is 12.0. The number of aliphatic hydroxyl groups is 1. The van der Waals surface area contributed by atoms with Gasteiger partial charge in [0.15, 0.2) is 0 Å². The minimum atomic E-state index is 0.272. The van der Waals surface area contributed by atoms with Crippen LogP contribution in [0.3, 0.4) is 0 Å². The highest BCUT2D eigenvalue weighted by Gasteiger charge is 2.22. The van der Waals surface area contributed by atoms with E-state index in [1.54, 1.807) is 0 Å². The summed E-state index contributed by atoms with van der Waals surface area (Å²) in [6.45, 7) is 6.96. The van der Waals surface area contributed by atoms with Crippen LogP contribution in [-0.2, 0) is 0 Å². The van der Waals surface area contributed by atoms with Crippen molar-refractivity contribution in [2.24, 2.45) is 5.41 Å². The lowest BCUT2D eigenvalue weighted by molar-refractivity contribution is 0.188. The summed E-state index contributed by atoms with van der Waals surface area (Å²) in [4.78, 5) is 0. The molecule has 14 heavy (non-hydrogen) atoms. The molecule has 0 saturated heterocycles.